The normalized spacial score (nSPS) is 12.7. The Morgan fingerprint density at radius 1 is 1.40 bits per heavy atom. The molecule has 0 aliphatic rings. The second kappa shape index (κ2) is 9.66. The van der Waals surface area contributed by atoms with E-state index in [1.165, 1.54) is 12.1 Å². The van der Waals surface area contributed by atoms with Crippen molar-refractivity contribution in [2.45, 2.75) is 32.9 Å². The summed E-state index contributed by atoms with van der Waals surface area (Å²) < 4.78 is 20.8. The molecule has 136 valence electrons. The number of guanidine groups is 1. The summed E-state index contributed by atoms with van der Waals surface area (Å²) in [7, 11) is 1.73. The largest absolute Gasteiger partial charge is 0.489 e. The molecule has 1 aromatic heterocycles. The van der Waals surface area contributed by atoms with Crippen LogP contribution in [0.1, 0.15) is 18.9 Å². The van der Waals surface area contributed by atoms with E-state index in [0.29, 0.717) is 18.3 Å². The summed E-state index contributed by atoms with van der Waals surface area (Å²) in [6.07, 6.45) is 4.70. The van der Waals surface area contributed by atoms with Gasteiger partial charge < -0.3 is 15.4 Å². The van der Waals surface area contributed by atoms with Crippen molar-refractivity contribution in [3.8, 4) is 5.75 Å². The van der Waals surface area contributed by atoms with Crippen LogP contribution >= 0.6 is 0 Å². The van der Waals surface area contributed by atoms with Gasteiger partial charge in [-0.25, -0.2) is 4.39 Å². The van der Waals surface area contributed by atoms with Crippen molar-refractivity contribution in [3.05, 3.63) is 48.0 Å². The molecule has 0 fully saturated rings. The molecule has 0 bridgehead atoms. The quantitative estimate of drug-likeness (QED) is 0.437. The predicted octanol–water partition coefficient (Wildman–Crippen LogP) is 2.35. The van der Waals surface area contributed by atoms with Gasteiger partial charge in [-0.3, -0.25) is 9.67 Å². The molecule has 1 atom stereocenters. The first-order valence-electron chi connectivity index (χ1n) is 8.42. The van der Waals surface area contributed by atoms with E-state index in [1.54, 1.807) is 19.2 Å². The lowest BCUT2D eigenvalue weighted by molar-refractivity contribution is 0.223. The van der Waals surface area contributed by atoms with Gasteiger partial charge in [-0.1, -0.05) is 6.07 Å². The lowest BCUT2D eigenvalue weighted by Crippen LogP contribution is -2.42. The minimum Gasteiger partial charge on any atom is -0.489 e. The summed E-state index contributed by atoms with van der Waals surface area (Å²) in [5, 5.41) is 10.7. The Labute approximate surface area is 148 Å². The molecule has 0 saturated heterocycles. The van der Waals surface area contributed by atoms with E-state index in [0.717, 1.165) is 25.1 Å². The number of aliphatic imine (C=N–C) groups is 1. The van der Waals surface area contributed by atoms with Gasteiger partial charge in [0.2, 0.25) is 0 Å². The molecule has 0 radical (unpaired) electrons. The molecule has 0 amide bonds. The summed E-state index contributed by atoms with van der Waals surface area (Å²) in [6.45, 7) is 6.16. The number of aryl methyl sites for hydroxylation is 2. The van der Waals surface area contributed by atoms with Crippen LogP contribution < -0.4 is 15.4 Å². The third kappa shape index (κ3) is 6.82. The number of hydrogen-bond donors (Lipinski definition) is 2. The summed E-state index contributed by atoms with van der Waals surface area (Å²) in [5.41, 5.74) is 1.16. The van der Waals surface area contributed by atoms with Crippen molar-refractivity contribution in [3.63, 3.8) is 0 Å². The van der Waals surface area contributed by atoms with E-state index in [2.05, 4.69) is 20.7 Å². The van der Waals surface area contributed by atoms with Crippen LogP contribution in [-0.2, 0) is 6.54 Å². The molecule has 2 aromatic rings. The number of nitrogens with one attached hydrogen (secondary N) is 2. The summed E-state index contributed by atoms with van der Waals surface area (Å²) in [5.74, 6) is 0.931. The number of nitrogens with zero attached hydrogens (tertiary/aromatic N) is 3. The lowest BCUT2D eigenvalue weighted by atomic mass is 10.3. The second-order valence-electron chi connectivity index (χ2n) is 5.90. The summed E-state index contributed by atoms with van der Waals surface area (Å²) >= 11 is 0. The Morgan fingerprint density at radius 2 is 2.24 bits per heavy atom. The highest BCUT2D eigenvalue weighted by molar-refractivity contribution is 5.79. The summed E-state index contributed by atoms with van der Waals surface area (Å²) in [6, 6.07) is 6.14. The maximum atomic E-state index is 13.2. The van der Waals surface area contributed by atoms with E-state index in [1.807, 2.05) is 30.9 Å². The molecule has 1 unspecified atom stereocenters. The van der Waals surface area contributed by atoms with Gasteiger partial charge in [0.1, 0.15) is 17.7 Å². The number of aromatic nitrogens is 2. The molecule has 0 saturated carbocycles. The van der Waals surface area contributed by atoms with Gasteiger partial charge in [-0.15, -0.1) is 0 Å². The van der Waals surface area contributed by atoms with Crippen molar-refractivity contribution in [2.75, 3.05) is 20.1 Å². The van der Waals surface area contributed by atoms with Crippen LogP contribution in [-0.4, -0.2) is 42.0 Å². The van der Waals surface area contributed by atoms with E-state index >= 15 is 0 Å². The Balaban J connectivity index is 1.65. The van der Waals surface area contributed by atoms with E-state index in [9.17, 15) is 4.39 Å². The Kier molecular flexibility index (Phi) is 7.25. The molecule has 2 N–H and O–H groups in total. The summed E-state index contributed by atoms with van der Waals surface area (Å²) in [4.78, 5) is 4.19. The maximum absolute atomic E-state index is 13.2. The van der Waals surface area contributed by atoms with Gasteiger partial charge in [0.15, 0.2) is 5.96 Å². The minimum atomic E-state index is -0.303. The van der Waals surface area contributed by atoms with Crippen molar-refractivity contribution in [1.29, 1.82) is 0 Å². The number of rotatable bonds is 8. The minimum absolute atomic E-state index is 0.118. The highest BCUT2D eigenvalue weighted by atomic mass is 19.1. The maximum Gasteiger partial charge on any atom is 0.191 e. The van der Waals surface area contributed by atoms with E-state index in [4.69, 9.17) is 4.74 Å². The lowest BCUT2D eigenvalue weighted by Gasteiger charge is -2.17. The van der Waals surface area contributed by atoms with Crippen LogP contribution in [0.5, 0.6) is 5.75 Å². The highest BCUT2D eigenvalue weighted by Gasteiger charge is 2.06. The Morgan fingerprint density at radius 3 is 2.92 bits per heavy atom. The van der Waals surface area contributed by atoms with Crippen LogP contribution in [0.4, 0.5) is 4.39 Å². The predicted molar refractivity (Wildman–Crippen MR) is 97.4 cm³/mol. The Bertz CT molecular complexity index is 686. The first-order chi connectivity index (χ1) is 12.1. The number of benzene rings is 1. The average molecular weight is 347 g/mol. The molecule has 7 heteroatoms. The average Bonchev–Trinajstić information content (AvgIpc) is 2.99. The highest BCUT2D eigenvalue weighted by Crippen LogP contribution is 2.13. The molecular weight excluding hydrogens is 321 g/mol. The van der Waals surface area contributed by atoms with Gasteiger partial charge in [0.25, 0.3) is 0 Å². The SMILES string of the molecule is CN=C(NCCCn1cc(C)cn1)NCC(C)Oc1cccc(F)c1. The van der Waals surface area contributed by atoms with Gasteiger partial charge in [-0.2, -0.15) is 5.10 Å². The number of hydrogen-bond acceptors (Lipinski definition) is 3. The fraction of sp³-hybridized carbons (Fsp3) is 0.444. The molecule has 2 rings (SSSR count). The van der Waals surface area contributed by atoms with Crippen LogP contribution in [0.15, 0.2) is 41.7 Å². The van der Waals surface area contributed by atoms with E-state index in [-0.39, 0.29) is 11.9 Å². The fourth-order valence-corrected chi connectivity index (χ4v) is 2.31. The third-order valence-corrected chi connectivity index (χ3v) is 3.53. The molecular formula is C18H26FN5O. The van der Waals surface area contributed by atoms with Crippen LogP contribution in [0.3, 0.4) is 0 Å². The molecule has 6 nitrogen and oxygen atoms in total. The third-order valence-electron chi connectivity index (χ3n) is 3.53. The molecule has 1 heterocycles. The van der Waals surface area contributed by atoms with Crippen molar-refractivity contribution in [2.24, 2.45) is 4.99 Å². The molecule has 0 aliphatic carbocycles. The zero-order chi connectivity index (χ0) is 18.1. The van der Waals surface area contributed by atoms with Crippen LogP contribution in [0.2, 0.25) is 0 Å². The Hall–Kier alpha value is -2.57. The molecule has 25 heavy (non-hydrogen) atoms. The smallest absolute Gasteiger partial charge is 0.191 e. The van der Waals surface area contributed by atoms with Crippen molar-refractivity contribution >= 4 is 5.96 Å². The number of halogens is 1. The molecule has 1 aromatic carbocycles. The van der Waals surface area contributed by atoms with Gasteiger partial charge in [0, 0.05) is 32.4 Å². The van der Waals surface area contributed by atoms with Gasteiger partial charge in [-0.05, 0) is 38.0 Å². The zero-order valence-electron chi connectivity index (χ0n) is 15.0. The topological polar surface area (TPSA) is 63.5 Å². The zero-order valence-corrected chi connectivity index (χ0v) is 15.0. The first kappa shape index (κ1) is 18.8. The van der Waals surface area contributed by atoms with Crippen molar-refractivity contribution < 1.29 is 9.13 Å². The van der Waals surface area contributed by atoms with Gasteiger partial charge in [0.05, 0.1) is 12.7 Å². The van der Waals surface area contributed by atoms with Crippen molar-refractivity contribution in [1.82, 2.24) is 20.4 Å². The number of ether oxygens (including phenoxy) is 1. The fourth-order valence-electron chi connectivity index (χ4n) is 2.31. The van der Waals surface area contributed by atoms with Crippen LogP contribution in [0, 0.1) is 12.7 Å². The van der Waals surface area contributed by atoms with E-state index < -0.39 is 0 Å². The van der Waals surface area contributed by atoms with Crippen LogP contribution in [0.25, 0.3) is 0 Å². The standard InChI is InChI=1S/C18H26FN5O/c1-14-11-23-24(13-14)9-5-8-21-18(20-3)22-12-15(2)25-17-7-4-6-16(19)10-17/h4,6-7,10-11,13,15H,5,8-9,12H2,1-3H3,(H2,20,21,22). The first-order valence-corrected chi connectivity index (χ1v) is 8.42. The molecule has 0 aliphatic heterocycles. The van der Waals surface area contributed by atoms with Gasteiger partial charge >= 0.3 is 0 Å². The monoisotopic (exact) mass is 347 g/mol. The molecule has 0 spiro atoms. The second-order valence-corrected chi connectivity index (χ2v) is 5.90.